The van der Waals surface area contributed by atoms with Crippen LogP contribution in [-0.2, 0) is 4.79 Å². The van der Waals surface area contributed by atoms with Gasteiger partial charge in [0.05, 0.1) is 0 Å². The Labute approximate surface area is 50.8 Å². The smallest absolute Gasteiger partial charge is 0.345 e. The van der Waals surface area contributed by atoms with Gasteiger partial charge >= 0.3 is 5.97 Å². The Hall–Kier alpha value is -1.01. The van der Waals surface area contributed by atoms with Crippen LogP contribution in [0.2, 0.25) is 0 Å². The molecule has 6 heteroatoms. The lowest BCUT2D eigenvalue weighted by Crippen LogP contribution is -2.40. The zero-order valence-corrected chi connectivity index (χ0v) is 4.48. The van der Waals surface area contributed by atoms with E-state index in [1.165, 1.54) is 0 Å². The van der Waals surface area contributed by atoms with E-state index in [-0.39, 0.29) is 0 Å². The lowest BCUT2D eigenvalue weighted by atomic mass is 10.5. The summed E-state index contributed by atoms with van der Waals surface area (Å²) in [5, 5.41) is 17.3. The van der Waals surface area contributed by atoms with Gasteiger partial charge in [-0.15, -0.1) is 0 Å². The molecule has 9 heavy (non-hydrogen) atoms. The van der Waals surface area contributed by atoms with Crippen LogP contribution in [0.1, 0.15) is 0 Å². The highest BCUT2D eigenvalue weighted by molar-refractivity contribution is 5.73. The summed E-state index contributed by atoms with van der Waals surface area (Å²) in [6.07, 6.45) is -1.62. The molecule has 0 aromatic rings. The molecule has 0 aromatic carbocycles. The van der Waals surface area contributed by atoms with Gasteiger partial charge in [-0.3, -0.25) is 5.73 Å². The average molecular weight is 130 g/mol. The third-order valence-electron chi connectivity index (χ3n) is 0.869. The van der Waals surface area contributed by atoms with Crippen LogP contribution >= 0.6 is 0 Å². The maximum Gasteiger partial charge on any atom is 0.345 e. The molecule has 50 valence electrons. The summed E-state index contributed by atoms with van der Waals surface area (Å²) >= 11 is 0. The van der Waals surface area contributed by atoms with Crippen molar-refractivity contribution in [3.05, 3.63) is 0 Å². The van der Waals surface area contributed by atoms with Crippen molar-refractivity contribution in [3.63, 3.8) is 0 Å². The SMILES string of the molecule is N[C@@H]1N=N[C@H](C(=O)O)N1. The zero-order chi connectivity index (χ0) is 6.85. The van der Waals surface area contributed by atoms with Crippen molar-refractivity contribution in [3.8, 4) is 0 Å². The van der Waals surface area contributed by atoms with Crippen LogP contribution in [0.4, 0.5) is 0 Å². The van der Waals surface area contributed by atoms with Gasteiger partial charge in [0.15, 0.2) is 6.29 Å². The van der Waals surface area contributed by atoms with Crippen molar-refractivity contribution in [2.24, 2.45) is 16.0 Å². The highest BCUT2D eigenvalue weighted by Gasteiger charge is 2.23. The van der Waals surface area contributed by atoms with E-state index in [1.807, 2.05) is 0 Å². The fraction of sp³-hybridized carbons (Fsp3) is 0.667. The molecule has 1 aliphatic heterocycles. The van der Waals surface area contributed by atoms with E-state index in [0.717, 1.165) is 0 Å². The molecule has 0 radical (unpaired) electrons. The van der Waals surface area contributed by atoms with Crippen molar-refractivity contribution in [1.82, 2.24) is 5.32 Å². The van der Waals surface area contributed by atoms with Gasteiger partial charge in [0, 0.05) is 0 Å². The van der Waals surface area contributed by atoms with Crippen molar-refractivity contribution in [1.29, 1.82) is 0 Å². The molecule has 4 N–H and O–H groups in total. The van der Waals surface area contributed by atoms with Gasteiger partial charge < -0.3 is 5.11 Å². The molecule has 0 saturated carbocycles. The number of aliphatic carboxylic acids is 1. The van der Waals surface area contributed by atoms with Crippen LogP contribution in [0, 0.1) is 0 Å². The Morgan fingerprint density at radius 2 is 2.33 bits per heavy atom. The summed E-state index contributed by atoms with van der Waals surface area (Å²) in [5.41, 5.74) is 5.13. The second-order valence-corrected chi connectivity index (χ2v) is 1.58. The minimum Gasteiger partial charge on any atom is -0.479 e. The minimum absolute atomic E-state index is 0.661. The maximum absolute atomic E-state index is 10.1. The predicted octanol–water partition coefficient (Wildman–Crippen LogP) is -1.31. The first-order valence-corrected chi connectivity index (χ1v) is 2.34. The van der Waals surface area contributed by atoms with E-state index in [9.17, 15) is 4.79 Å². The van der Waals surface area contributed by atoms with Gasteiger partial charge in [0.2, 0.25) is 6.17 Å². The molecule has 0 fully saturated rings. The van der Waals surface area contributed by atoms with Gasteiger partial charge in [-0.1, -0.05) is 0 Å². The lowest BCUT2D eigenvalue weighted by molar-refractivity contribution is -0.139. The van der Waals surface area contributed by atoms with Crippen LogP contribution in [-0.4, -0.2) is 23.5 Å². The Morgan fingerprint density at radius 1 is 1.67 bits per heavy atom. The Kier molecular flexibility index (Phi) is 1.41. The van der Waals surface area contributed by atoms with E-state index in [4.69, 9.17) is 10.8 Å². The van der Waals surface area contributed by atoms with Gasteiger partial charge in [-0.25, -0.2) is 10.1 Å². The number of carboxylic acid groups (broad SMARTS) is 1. The molecule has 1 rings (SSSR count). The van der Waals surface area contributed by atoms with Crippen molar-refractivity contribution >= 4 is 5.97 Å². The fourth-order valence-corrected chi connectivity index (χ4v) is 0.488. The van der Waals surface area contributed by atoms with Crippen LogP contribution in [0.5, 0.6) is 0 Å². The summed E-state index contributed by atoms with van der Waals surface area (Å²) in [4.78, 5) is 10.1. The van der Waals surface area contributed by atoms with Crippen LogP contribution in [0.25, 0.3) is 0 Å². The molecule has 0 bridgehead atoms. The van der Waals surface area contributed by atoms with E-state index in [2.05, 4.69) is 15.5 Å². The average Bonchev–Trinajstić information content (AvgIpc) is 2.14. The van der Waals surface area contributed by atoms with Crippen LogP contribution in [0.3, 0.4) is 0 Å². The first kappa shape index (κ1) is 6.12. The summed E-state index contributed by atoms with van der Waals surface area (Å²) in [7, 11) is 0. The summed E-state index contributed by atoms with van der Waals surface area (Å²) in [6, 6.07) is 0. The molecule has 1 heterocycles. The van der Waals surface area contributed by atoms with E-state index in [1.54, 1.807) is 0 Å². The summed E-state index contributed by atoms with van der Waals surface area (Å²) in [6.45, 7) is 0. The Morgan fingerprint density at radius 3 is 2.56 bits per heavy atom. The first-order chi connectivity index (χ1) is 4.20. The standard InChI is InChI=1S/C3H6N4O2/c4-3-5-1(2(8)9)6-7-3/h1,3,5H,4H2,(H,8,9)/t1-,3+/m1/s1. The number of nitrogens with zero attached hydrogens (tertiary/aromatic N) is 2. The molecule has 2 atom stereocenters. The Bertz CT molecular complexity index is 156. The molecular weight excluding hydrogens is 124 g/mol. The largest absolute Gasteiger partial charge is 0.479 e. The Balaban J connectivity index is 2.50. The van der Waals surface area contributed by atoms with Crippen molar-refractivity contribution in [2.45, 2.75) is 12.5 Å². The molecule has 0 unspecified atom stereocenters. The van der Waals surface area contributed by atoms with E-state index in [0.29, 0.717) is 0 Å². The molecule has 0 aliphatic carbocycles. The van der Waals surface area contributed by atoms with Crippen LogP contribution in [0.15, 0.2) is 10.2 Å². The van der Waals surface area contributed by atoms with Gasteiger partial charge in [0.25, 0.3) is 0 Å². The van der Waals surface area contributed by atoms with E-state index >= 15 is 0 Å². The normalized spacial score (nSPS) is 33.0. The molecule has 1 aliphatic rings. The van der Waals surface area contributed by atoms with Crippen LogP contribution < -0.4 is 11.1 Å². The topological polar surface area (TPSA) is 100 Å². The number of rotatable bonds is 1. The number of carboxylic acids is 1. The number of azo groups is 1. The fourth-order valence-electron chi connectivity index (χ4n) is 0.488. The van der Waals surface area contributed by atoms with E-state index < -0.39 is 18.4 Å². The zero-order valence-electron chi connectivity index (χ0n) is 4.48. The third-order valence-corrected chi connectivity index (χ3v) is 0.869. The lowest BCUT2D eigenvalue weighted by Gasteiger charge is -1.99. The molecule has 0 saturated heterocycles. The van der Waals surface area contributed by atoms with Crippen molar-refractivity contribution in [2.75, 3.05) is 0 Å². The third kappa shape index (κ3) is 1.21. The monoisotopic (exact) mass is 130 g/mol. The number of nitrogens with two attached hydrogens (primary N) is 1. The predicted molar refractivity (Wildman–Crippen MR) is 27.4 cm³/mol. The maximum atomic E-state index is 10.1. The number of nitrogens with one attached hydrogen (secondary N) is 1. The molecule has 0 aromatic heterocycles. The number of hydrogen-bond acceptors (Lipinski definition) is 5. The summed E-state index contributed by atoms with van der Waals surface area (Å²) in [5.74, 6) is -1.06. The summed E-state index contributed by atoms with van der Waals surface area (Å²) < 4.78 is 0. The molecule has 0 spiro atoms. The van der Waals surface area contributed by atoms with Gasteiger partial charge in [0.1, 0.15) is 0 Å². The van der Waals surface area contributed by atoms with Gasteiger partial charge in [-0.05, 0) is 0 Å². The van der Waals surface area contributed by atoms with Crippen molar-refractivity contribution < 1.29 is 9.90 Å². The highest BCUT2D eigenvalue weighted by atomic mass is 16.4. The number of carbonyl (C=O) groups is 1. The first-order valence-electron chi connectivity index (χ1n) is 2.34. The quantitative estimate of drug-likeness (QED) is 0.410. The minimum atomic E-state index is -1.06. The second-order valence-electron chi connectivity index (χ2n) is 1.58. The molecule has 6 nitrogen and oxygen atoms in total. The highest BCUT2D eigenvalue weighted by Crippen LogP contribution is 1.97. The second kappa shape index (κ2) is 2.08. The molecule has 0 amide bonds. The van der Waals surface area contributed by atoms with Gasteiger partial charge in [-0.2, -0.15) is 10.2 Å². The molecular formula is C3H6N4O2. The number of hydrogen-bond donors (Lipinski definition) is 3.